The first-order valence-electron chi connectivity index (χ1n) is 5.84. The van der Waals surface area contributed by atoms with Crippen LogP contribution in [0.4, 0.5) is 0 Å². The molecule has 2 atom stereocenters. The number of halogens is 2. The number of allylic oxidation sites excluding steroid dienone is 1. The van der Waals surface area contributed by atoms with Gasteiger partial charge in [0, 0.05) is 23.1 Å². The molecular weight excluding hydrogens is 316 g/mol. The molecule has 0 aromatic rings. The van der Waals surface area contributed by atoms with E-state index in [1.165, 1.54) is 0 Å². The summed E-state index contributed by atoms with van der Waals surface area (Å²) in [5.41, 5.74) is -0.793. The molecule has 6 nitrogen and oxygen atoms in total. The Hall–Kier alpha value is -0.130. The monoisotopic (exact) mass is 331 g/mol. The quantitative estimate of drug-likeness (QED) is 0.224. The molecule has 0 N–H and O–H groups in total. The summed E-state index contributed by atoms with van der Waals surface area (Å²) in [7, 11) is -3.60. The Kier molecular flexibility index (Phi) is 7.32. The van der Waals surface area contributed by atoms with Crippen molar-refractivity contribution in [3.8, 4) is 0 Å². The first-order valence-corrected chi connectivity index (χ1v) is 8.52. The summed E-state index contributed by atoms with van der Waals surface area (Å²) >= 11 is 11.0. The van der Waals surface area contributed by atoms with Crippen LogP contribution in [0, 0.1) is 10.1 Å². The highest BCUT2D eigenvalue weighted by Gasteiger charge is 2.47. The molecule has 0 bridgehead atoms. The zero-order chi connectivity index (χ0) is 14.3. The molecule has 0 fully saturated rings. The van der Waals surface area contributed by atoms with E-state index in [-0.39, 0.29) is 37.8 Å². The number of hydrogen-bond donors (Lipinski definition) is 0. The lowest BCUT2D eigenvalue weighted by atomic mass is 10.0. The Morgan fingerprint density at radius 3 is 2.21 bits per heavy atom. The van der Waals surface area contributed by atoms with Gasteiger partial charge in [-0.3, -0.25) is 14.7 Å². The van der Waals surface area contributed by atoms with Crippen molar-refractivity contribution in [1.29, 1.82) is 0 Å². The molecule has 0 amide bonds. The Labute approximate surface area is 121 Å². The van der Waals surface area contributed by atoms with Crippen LogP contribution in [0.2, 0.25) is 0 Å². The van der Waals surface area contributed by atoms with Crippen molar-refractivity contribution in [3.05, 3.63) is 22.3 Å². The van der Waals surface area contributed by atoms with Crippen molar-refractivity contribution >= 4 is 30.8 Å². The molecular formula is C10H16Cl2NO5P. The highest BCUT2D eigenvalue weighted by molar-refractivity contribution is 7.54. The van der Waals surface area contributed by atoms with Crippen LogP contribution in [0.5, 0.6) is 0 Å². The molecule has 0 spiro atoms. The molecule has 1 rings (SSSR count). The standard InChI is InChI=1S/C10H16Cl2NO5P/c11-5-7-17-19(16,18-8-6-12)10-4-2-1-3-9(10)13(14)15/h1-2,9-10H,3-8H2. The van der Waals surface area contributed by atoms with Crippen LogP contribution in [0.15, 0.2) is 12.2 Å². The summed E-state index contributed by atoms with van der Waals surface area (Å²) in [5, 5.41) is 11.0. The predicted octanol–water partition coefficient (Wildman–Crippen LogP) is 3.05. The molecule has 0 aromatic carbocycles. The van der Waals surface area contributed by atoms with E-state index >= 15 is 0 Å². The maximum Gasteiger partial charge on any atom is 0.341 e. The van der Waals surface area contributed by atoms with Gasteiger partial charge in [-0.15, -0.1) is 23.2 Å². The second-order valence-electron chi connectivity index (χ2n) is 3.95. The van der Waals surface area contributed by atoms with Crippen molar-refractivity contribution < 1.29 is 18.5 Å². The highest BCUT2D eigenvalue weighted by Crippen LogP contribution is 2.57. The van der Waals surface area contributed by atoms with Crippen molar-refractivity contribution in [3.63, 3.8) is 0 Å². The van der Waals surface area contributed by atoms with Gasteiger partial charge in [0.1, 0.15) is 5.66 Å². The average Bonchev–Trinajstić information content (AvgIpc) is 2.43. The van der Waals surface area contributed by atoms with E-state index in [9.17, 15) is 14.7 Å². The molecule has 0 aromatic heterocycles. The van der Waals surface area contributed by atoms with Crippen LogP contribution in [0.25, 0.3) is 0 Å². The molecule has 0 saturated heterocycles. The van der Waals surface area contributed by atoms with Crippen molar-refractivity contribution in [2.24, 2.45) is 0 Å². The summed E-state index contributed by atoms with van der Waals surface area (Å²) in [6, 6.07) is -0.971. The Morgan fingerprint density at radius 2 is 1.74 bits per heavy atom. The fourth-order valence-electron chi connectivity index (χ4n) is 1.90. The van der Waals surface area contributed by atoms with Crippen LogP contribution in [-0.2, 0) is 13.6 Å². The maximum atomic E-state index is 12.7. The minimum atomic E-state index is -3.60. The molecule has 2 unspecified atom stereocenters. The van der Waals surface area contributed by atoms with Gasteiger partial charge in [0.2, 0.25) is 6.04 Å². The maximum absolute atomic E-state index is 12.7. The molecule has 110 valence electrons. The van der Waals surface area contributed by atoms with Crippen molar-refractivity contribution in [2.45, 2.75) is 24.5 Å². The Balaban J connectivity index is 2.90. The van der Waals surface area contributed by atoms with E-state index in [0.717, 1.165) is 0 Å². The van der Waals surface area contributed by atoms with E-state index in [1.807, 2.05) is 0 Å². The zero-order valence-electron chi connectivity index (χ0n) is 10.2. The first kappa shape index (κ1) is 16.9. The third-order valence-electron chi connectivity index (χ3n) is 2.74. The van der Waals surface area contributed by atoms with Gasteiger partial charge in [0.15, 0.2) is 0 Å². The number of rotatable bonds is 8. The lowest BCUT2D eigenvalue weighted by molar-refractivity contribution is -0.522. The SMILES string of the molecule is O=[N+]([O-])C1CC=CCC1P(=O)(OCCCl)OCCCl. The largest absolute Gasteiger partial charge is 0.341 e. The van der Waals surface area contributed by atoms with Crippen LogP contribution in [0.1, 0.15) is 12.8 Å². The number of nitro groups is 1. The Bertz CT molecular complexity index is 367. The van der Waals surface area contributed by atoms with Crippen molar-refractivity contribution in [2.75, 3.05) is 25.0 Å². The summed E-state index contributed by atoms with van der Waals surface area (Å²) in [5.74, 6) is 0.278. The molecule has 0 saturated carbocycles. The van der Waals surface area contributed by atoms with Gasteiger partial charge in [-0.05, 0) is 6.42 Å². The van der Waals surface area contributed by atoms with Gasteiger partial charge in [0.25, 0.3) is 0 Å². The zero-order valence-corrected chi connectivity index (χ0v) is 12.6. The highest BCUT2D eigenvalue weighted by atomic mass is 35.5. The predicted molar refractivity (Wildman–Crippen MR) is 73.9 cm³/mol. The van der Waals surface area contributed by atoms with E-state index < -0.39 is 24.2 Å². The second kappa shape index (κ2) is 8.22. The average molecular weight is 332 g/mol. The van der Waals surface area contributed by atoms with Gasteiger partial charge in [0.05, 0.1) is 13.2 Å². The van der Waals surface area contributed by atoms with Crippen LogP contribution in [-0.4, -0.2) is 41.6 Å². The first-order chi connectivity index (χ1) is 9.05. The molecule has 9 heteroatoms. The number of hydrogen-bond acceptors (Lipinski definition) is 5. The van der Waals surface area contributed by atoms with Crippen LogP contribution >= 0.6 is 30.8 Å². The van der Waals surface area contributed by atoms with E-state index in [0.29, 0.717) is 0 Å². The minimum Gasteiger partial charge on any atom is -0.307 e. The fourth-order valence-corrected chi connectivity index (χ4v) is 4.45. The lowest BCUT2D eigenvalue weighted by Gasteiger charge is -2.29. The molecule has 1 aliphatic rings. The molecule has 19 heavy (non-hydrogen) atoms. The summed E-state index contributed by atoms with van der Waals surface area (Å²) in [4.78, 5) is 10.6. The Morgan fingerprint density at radius 1 is 1.21 bits per heavy atom. The van der Waals surface area contributed by atoms with E-state index in [1.54, 1.807) is 12.2 Å². The minimum absolute atomic E-state index is 0.0196. The molecule has 0 radical (unpaired) electrons. The van der Waals surface area contributed by atoms with Gasteiger partial charge < -0.3 is 9.05 Å². The van der Waals surface area contributed by atoms with Gasteiger partial charge in [-0.25, -0.2) is 0 Å². The van der Waals surface area contributed by atoms with E-state index in [2.05, 4.69) is 0 Å². The number of alkyl halides is 2. The second-order valence-corrected chi connectivity index (χ2v) is 6.96. The summed E-state index contributed by atoms with van der Waals surface area (Å²) in [6.45, 7) is 0.0392. The molecule has 0 aliphatic heterocycles. The van der Waals surface area contributed by atoms with Gasteiger partial charge >= 0.3 is 7.60 Å². The van der Waals surface area contributed by atoms with Crippen molar-refractivity contribution in [1.82, 2.24) is 0 Å². The number of nitrogens with zero attached hydrogens (tertiary/aromatic N) is 1. The molecule has 0 heterocycles. The lowest BCUT2D eigenvalue weighted by Crippen LogP contribution is -2.36. The fraction of sp³-hybridized carbons (Fsp3) is 0.800. The van der Waals surface area contributed by atoms with E-state index in [4.69, 9.17) is 32.2 Å². The van der Waals surface area contributed by atoms with Gasteiger partial charge in [-0.2, -0.15) is 0 Å². The smallest absolute Gasteiger partial charge is 0.307 e. The molecule has 1 aliphatic carbocycles. The third-order valence-corrected chi connectivity index (χ3v) is 5.50. The summed E-state index contributed by atoms with van der Waals surface area (Å²) < 4.78 is 23.1. The van der Waals surface area contributed by atoms with Crippen LogP contribution < -0.4 is 0 Å². The van der Waals surface area contributed by atoms with Gasteiger partial charge in [-0.1, -0.05) is 12.2 Å². The summed E-state index contributed by atoms with van der Waals surface area (Å²) in [6.07, 6.45) is 3.96. The topological polar surface area (TPSA) is 78.7 Å². The van der Waals surface area contributed by atoms with Crippen LogP contribution in [0.3, 0.4) is 0 Å². The third kappa shape index (κ3) is 4.72. The normalized spacial score (nSPS) is 23.5.